The molecule has 3 N–H and O–H groups in total. The average Bonchev–Trinajstić information content (AvgIpc) is 2.86. The van der Waals surface area contributed by atoms with Crippen LogP contribution in [-0.2, 0) is 0 Å². The van der Waals surface area contributed by atoms with E-state index in [-0.39, 0.29) is 12.5 Å². The van der Waals surface area contributed by atoms with Gasteiger partial charge >= 0.3 is 0 Å². The monoisotopic (exact) mass is 263 g/mol. The van der Waals surface area contributed by atoms with Crippen molar-refractivity contribution in [2.45, 2.75) is 6.42 Å². The van der Waals surface area contributed by atoms with Crippen molar-refractivity contribution in [1.82, 2.24) is 4.90 Å². The zero-order valence-corrected chi connectivity index (χ0v) is 11.5. The topological polar surface area (TPSA) is 69.8 Å². The minimum atomic E-state index is -0.0482. The molecule has 19 heavy (non-hydrogen) atoms. The lowest BCUT2D eigenvalue weighted by molar-refractivity contribution is 0.0827. The van der Waals surface area contributed by atoms with Gasteiger partial charge in [0.1, 0.15) is 0 Å². The number of benzene rings is 1. The summed E-state index contributed by atoms with van der Waals surface area (Å²) >= 11 is 0. The number of carbonyl (C=O) groups excluding carboxylic acids is 1. The molecule has 1 saturated heterocycles. The molecule has 1 unspecified atom stereocenters. The van der Waals surface area contributed by atoms with Crippen LogP contribution in [0.5, 0.6) is 0 Å². The molecule has 0 radical (unpaired) electrons. The van der Waals surface area contributed by atoms with Crippen molar-refractivity contribution in [2.24, 2.45) is 5.92 Å². The normalized spacial score (nSPS) is 18.7. The number of carbonyl (C=O) groups is 1. The van der Waals surface area contributed by atoms with Crippen LogP contribution >= 0.6 is 0 Å². The van der Waals surface area contributed by atoms with Crippen LogP contribution in [0.1, 0.15) is 16.8 Å². The van der Waals surface area contributed by atoms with Gasteiger partial charge in [-0.2, -0.15) is 0 Å². The number of nitrogens with zero attached hydrogens (tertiary/aromatic N) is 2. The fourth-order valence-corrected chi connectivity index (χ4v) is 2.43. The summed E-state index contributed by atoms with van der Waals surface area (Å²) in [4.78, 5) is 15.6. The van der Waals surface area contributed by atoms with Crippen molar-refractivity contribution < 1.29 is 9.90 Å². The highest BCUT2D eigenvalue weighted by Gasteiger charge is 2.23. The van der Waals surface area contributed by atoms with E-state index in [0.717, 1.165) is 25.2 Å². The first-order valence-electron chi connectivity index (χ1n) is 6.50. The summed E-state index contributed by atoms with van der Waals surface area (Å²) in [6.45, 7) is 1.94. The van der Waals surface area contributed by atoms with Crippen LogP contribution in [0.2, 0.25) is 0 Å². The van der Waals surface area contributed by atoms with Crippen molar-refractivity contribution in [3.05, 3.63) is 23.8 Å². The maximum Gasteiger partial charge on any atom is 0.253 e. The molecule has 1 aromatic rings. The second-order valence-electron chi connectivity index (χ2n) is 5.26. The summed E-state index contributed by atoms with van der Waals surface area (Å²) < 4.78 is 0. The van der Waals surface area contributed by atoms with Gasteiger partial charge < -0.3 is 20.6 Å². The average molecular weight is 263 g/mol. The molecule has 0 aliphatic carbocycles. The van der Waals surface area contributed by atoms with Gasteiger partial charge in [0.05, 0.1) is 11.4 Å². The minimum absolute atomic E-state index is 0.0482. The molecule has 1 aliphatic rings. The van der Waals surface area contributed by atoms with Crippen LogP contribution < -0.4 is 10.6 Å². The summed E-state index contributed by atoms with van der Waals surface area (Å²) in [6.07, 6.45) is 0.980. The first-order valence-corrected chi connectivity index (χ1v) is 6.50. The number of hydrogen-bond acceptors (Lipinski definition) is 4. The molecular weight excluding hydrogens is 242 g/mol. The third kappa shape index (κ3) is 2.81. The van der Waals surface area contributed by atoms with E-state index in [9.17, 15) is 4.79 Å². The van der Waals surface area contributed by atoms with Crippen molar-refractivity contribution >= 4 is 17.3 Å². The summed E-state index contributed by atoms with van der Waals surface area (Å²) in [5.41, 5.74) is 8.22. The van der Waals surface area contributed by atoms with Gasteiger partial charge in [0.15, 0.2) is 0 Å². The van der Waals surface area contributed by atoms with Crippen molar-refractivity contribution in [3.63, 3.8) is 0 Å². The summed E-state index contributed by atoms with van der Waals surface area (Å²) in [6, 6.07) is 5.43. The van der Waals surface area contributed by atoms with Crippen molar-refractivity contribution in [3.8, 4) is 0 Å². The molecule has 5 heteroatoms. The Balaban J connectivity index is 2.18. The van der Waals surface area contributed by atoms with E-state index < -0.39 is 0 Å². The Morgan fingerprint density at radius 3 is 2.79 bits per heavy atom. The molecule has 0 spiro atoms. The van der Waals surface area contributed by atoms with E-state index in [1.807, 2.05) is 6.07 Å². The largest absolute Gasteiger partial charge is 0.397 e. The molecule has 0 aromatic heterocycles. The number of nitrogen functional groups attached to an aromatic ring is 1. The Morgan fingerprint density at radius 2 is 2.26 bits per heavy atom. The molecule has 0 saturated carbocycles. The lowest BCUT2D eigenvalue weighted by Crippen LogP contribution is -2.24. The van der Waals surface area contributed by atoms with Crippen LogP contribution in [0, 0.1) is 5.92 Å². The quantitative estimate of drug-likeness (QED) is 0.791. The van der Waals surface area contributed by atoms with Crippen LogP contribution in [0.15, 0.2) is 18.2 Å². The van der Waals surface area contributed by atoms with Gasteiger partial charge in [-0.3, -0.25) is 4.79 Å². The third-order valence-corrected chi connectivity index (χ3v) is 3.57. The van der Waals surface area contributed by atoms with E-state index in [2.05, 4.69) is 4.90 Å². The van der Waals surface area contributed by atoms with Crippen molar-refractivity contribution in [2.75, 3.05) is 44.4 Å². The summed E-state index contributed by atoms with van der Waals surface area (Å²) in [5, 5.41) is 9.17. The number of aliphatic hydroxyl groups excluding tert-OH is 1. The van der Waals surface area contributed by atoms with Crippen LogP contribution in [0.4, 0.5) is 11.4 Å². The Bertz CT molecular complexity index is 474. The zero-order chi connectivity index (χ0) is 14.0. The number of hydrogen-bond donors (Lipinski definition) is 2. The predicted molar refractivity (Wildman–Crippen MR) is 76.3 cm³/mol. The zero-order valence-electron chi connectivity index (χ0n) is 11.5. The Labute approximate surface area is 113 Å². The first kappa shape index (κ1) is 13.7. The second kappa shape index (κ2) is 5.48. The number of aliphatic hydroxyl groups is 1. The van der Waals surface area contributed by atoms with Gasteiger partial charge in [0, 0.05) is 45.3 Å². The molecule has 2 rings (SSSR count). The van der Waals surface area contributed by atoms with Gasteiger partial charge in [0.2, 0.25) is 0 Å². The summed E-state index contributed by atoms with van der Waals surface area (Å²) in [5.74, 6) is 0.274. The lowest BCUT2D eigenvalue weighted by Gasteiger charge is -2.21. The van der Waals surface area contributed by atoms with E-state index in [1.54, 1.807) is 26.2 Å². The van der Waals surface area contributed by atoms with Crippen LogP contribution in [-0.4, -0.2) is 49.7 Å². The fourth-order valence-electron chi connectivity index (χ4n) is 2.43. The molecule has 1 fully saturated rings. The predicted octanol–water partition coefficient (Wildman–Crippen LogP) is 0.789. The van der Waals surface area contributed by atoms with Crippen LogP contribution in [0.25, 0.3) is 0 Å². The van der Waals surface area contributed by atoms with Gasteiger partial charge in [0.25, 0.3) is 5.91 Å². The van der Waals surface area contributed by atoms with E-state index >= 15 is 0 Å². The molecule has 104 valence electrons. The molecule has 1 aromatic carbocycles. The number of nitrogens with two attached hydrogens (primary N) is 1. The summed E-state index contributed by atoms with van der Waals surface area (Å²) in [7, 11) is 3.44. The molecule has 1 heterocycles. The van der Waals surface area contributed by atoms with E-state index in [0.29, 0.717) is 17.2 Å². The molecule has 1 atom stereocenters. The second-order valence-corrected chi connectivity index (χ2v) is 5.26. The molecule has 0 bridgehead atoms. The number of anilines is 2. The number of amides is 1. The minimum Gasteiger partial charge on any atom is -0.397 e. The van der Waals surface area contributed by atoms with Gasteiger partial charge in [-0.05, 0) is 24.6 Å². The maximum absolute atomic E-state index is 11.9. The van der Waals surface area contributed by atoms with E-state index in [4.69, 9.17) is 10.8 Å². The lowest BCUT2D eigenvalue weighted by atomic mass is 10.1. The van der Waals surface area contributed by atoms with Gasteiger partial charge in [-0.1, -0.05) is 0 Å². The highest BCUT2D eigenvalue weighted by molar-refractivity contribution is 5.95. The van der Waals surface area contributed by atoms with Gasteiger partial charge in [-0.25, -0.2) is 0 Å². The molecular formula is C14H21N3O2. The van der Waals surface area contributed by atoms with Gasteiger partial charge in [-0.15, -0.1) is 0 Å². The SMILES string of the molecule is CN(C)C(=O)c1ccc(N2CCC(CO)C2)c(N)c1. The Kier molecular flexibility index (Phi) is 3.95. The highest BCUT2D eigenvalue weighted by atomic mass is 16.3. The Morgan fingerprint density at radius 1 is 1.53 bits per heavy atom. The standard InChI is InChI=1S/C14H21N3O2/c1-16(2)14(19)11-3-4-13(12(15)7-11)17-6-5-10(8-17)9-18/h3-4,7,10,18H,5-6,8-9,15H2,1-2H3. The molecule has 1 aliphatic heterocycles. The first-order chi connectivity index (χ1) is 9.02. The fraction of sp³-hybridized carbons (Fsp3) is 0.500. The molecule has 5 nitrogen and oxygen atoms in total. The number of rotatable bonds is 3. The Hall–Kier alpha value is -1.75. The van der Waals surface area contributed by atoms with E-state index in [1.165, 1.54) is 4.90 Å². The highest BCUT2D eigenvalue weighted by Crippen LogP contribution is 2.29. The smallest absolute Gasteiger partial charge is 0.253 e. The van der Waals surface area contributed by atoms with Crippen molar-refractivity contribution in [1.29, 1.82) is 0 Å². The van der Waals surface area contributed by atoms with Crippen LogP contribution in [0.3, 0.4) is 0 Å². The third-order valence-electron chi connectivity index (χ3n) is 3.57. The molecule has 1 amide bonds. The maximum atomic E-state index is 11.9.